The van der Waals surface area contributed by atoms with E-state index in [1.165, 1.54) is 6.92 Å². The highest BCUT2D eigenvalue weighted by Gasteiger charge is 2.61. The Morgan fingerprint density at radius 1 is 1.06 bits per heavy atom. The van der Waals surface area contributed by atoms with E-state index in [0.717, 1.165) is 19.2 Å². The summed E-state index contributed by atoms with van der Waals surface area (Å²) in [6, 6.07) is 1.97. The Morgan fingerprint density at radius 2 is 1.71 bits per heavy atom. The predicted molar refractivity (Wildman–Crippen MR) is 104 cm³/mol. The van der Waals surface area contributed by atoms with Gasteiger partial charge in [-0.05, 0) is 12.1 Å². The molecule has 17 heteroatoms. The number of hydrogen-bond acceptors (Lipinski definition) is 7. The van der Waals surface area contributed by atoms with Gasteiger partial charge in [0.15, 0.2) is 10.7 Å². The van der Waals surface area contributed by atoms with Crippen LogP contribution in [0.1, 0.15) is 28.0 Å². The number of fused-ring (bicyclic) bond motifs is 1. The van der Waals surface area contributed by atoms with E-state index in [9.17, 15) is 44.1 Å². The zero-order chi connectivity index (χ0) is 25.6. The molecule has 1 amide bonds. The van der Waals surface area contributed by atoms with Gasteiger partial charge in [-0.1, -0.05) is 18.3 Å². The first-order chi connectivity index (χ1) is 15.6. The molecular weight excluding hydrogens is 522 g/mol. The summed E-state index contributed by atoms with van der Waals surface area (Å²) in [7, 11) is -0.862. The quantitative estimate of drug-likeness (QED) is 0.447. The Labute approximate surface area is 191 Å². The van der Waals surface area contributed by atoms with Gasteiger partial charge in [0.1, 0.15) is 0 Å². The lowest BCUT2D eigenvalue weighted by Gasteiger charge is -2.17. The molecule has 3 rings (SSSR count). The molecule has 0 N–H and O–H groups in total. The van der Waals surface area contributed by atoms with Gasteiger partial charge in [0.05, 0.1) is 38.5 Å². The van der Waals surface area contributed by atoms with Crippen LogP contribution in [0.5, 0.6) is 0 Å². The van der Waals surface area contributed by atoms with Crippen LogP contribution in [-0.2, 0) is 22.9 Å². The second-order valence-corrected chi connectivity index (χ2v) is 9.21. The second-order valence-electron chi connectivity index (χ2n) is 6.55. The SMILES string of the molecule is CCS(=O)c1cc2ncc(C(F)(F)F)nc2cc1C(=O)N(C)c1nnc(C(F)(F)C(F)(F)F)s1. The van der Waals surface area contributed by atoms with E-state index < -0.39 is 56.4 Å². The smallest absolute Gasteiger partial charge is 0.286 e. The monoisotopic (exact) mass is 533 g/mol. The average molecular weight is 533 g/mol. The molecule has 0 radical (unpaired) electrons. The molecule has 0 bridgehead atoms. The van der Waals surface area contributed by atoms with Crippen molar-refractivity contribution in [1.29, 1.82) is 0 Å². The van der Waals surface area contributed by atoms with E-state index >= 15 is 0 Å². The number of halogens is 8. The fourth-order valence-corrected chi connectivity index (χ4v) is 4.30. The summed E-state index contributed by atoms with van der Waals surface area (Å²) in [6.45, 7) is 1.49. The van der Waals surface area contributed by atoms with Crippen LogP contribution in [0.4, 0.5) is 40.3 Å². The van der Waals surface area contributed by atoms with Crippen LogP contribution in [0.3, 0.4) is 0 Å². The summed E-state index contributed by atoms with van der Waals surface area (Å²) in [5.41, 5.74) is -2.28. The third kappa shape index (κ3) is 4.70. The minimum absolute atomic E-state index is 0.00960. The molecule has 0 fully saturated rings. The number of carbonyl (C=O) groups excluding carboxylic acids is 1. The van der Waals surface area contributed by atoms with Crippen molar-refractivity contribution >= 4 is 44.2 Å². The summed E-state index contributed by atoms with van der Waals surface area (Å²) in [4.78, 5) is 20.5. The zero-order valence-corrected chi connectivity index (χ0v) is 18.5. The van der Waals surface area contributed by atoms with E-state index in [1.54, 1.807) is 0 Å². The van der Waals surface area contributed by atoms with Crippen molar-refractivity contribution in [3.8, 4) is 0 Å². The van der Waals surface area contributed by atoms with Crippen LogP contribution < -0.4 is 4.90 Å². The molecule has 0 saturated heterocycles. The molecule has 0 aliphatic heterocycles. The molecule has 7 nitrogen and oxygen atoms in total. The molecule has 0 aliphatic rings. The van der Waals surface area contributed by atoms with Crippen LogP contribution in [0.25, 0.3) is 11.0 Å². The zero-order valence-electron chi connectivity index (χ0n) is 16.8. The maximum atomic E-state index is 13.5. The molecule has 0 aliphatic carbocycles. The Morgan fingerprint density at radius 3 is 2.26 bits per heavy atom. The summed E-state index contributed by atoms with van der Waals surface area (Å²) < 4.78 is 116. The van der Waals surface area contributed by atoms with Crippen LogP contribution in [0.2, 0.25) is 0 Å². The third-order valence-electron chi connectivity index (χ3n) is 4.30. The molecule has 1 atom stereocenters. The Kier molecular flexibility index (Phi) is 6.64. The Balaban J connectivity index is 2.09. The normalized spacial score (nSPS) is 13.8. The molecule has 2 aromatic heterocycles. The number of rotatable bonds is 5. The first kappa shape index (κ1) is 25.8. The number of benzene rings is 1. The molecule has 3 aromatic rings. The first-order valence-electron chi connectivity index (χ1n) is 8.90. The maximum absolute atomic E-state index is 13.5. The number of hydrogen-bond donors (Lipinski definition) is 0. The van der Waals surface area contributed by atoms with Crippen molar-refractivity contribution in [2.75, 3.05) is 17.7 Å². The standard InChI is InChI=1S/C17H11F8N5O2S2/c1-3-34(32)10-5-8-9(27-11(6-26-8)16(20,21)22)4-7(10)12(31)30(2)14-29-28-13(33-14)15(18,19)17(23,24)25/h4-6H,3H2,1-2H3. The highest BCUT2D eigenvalue weighted by atomic mass is 32.2. The maximum Gasteiger partial charge on any atom is 0.460 e. The largest absolute Gasteiger partial charge is 0.460 e. The average Bonchev–Trinajstić information content (AvgIpc) is 3.25. The van der Waals surface area contributed by atoms with Crippen LogP contribution in [0.15, 0.2) is 23.2 Å². The summed E-state index contributed by atoms with van der Waals surface area (Å²) in [6.07, 6.45) is -10.3. The number of amides is 1. The Hall–Kier alpha value is -2.82. The highest BCUT2D eigenvalue weighted by Crippen LogP contribution is 2.45. The van der Waals surface area contributed by atoms with Crippen LogP contribution in [-0.4, -0.2) is 49.3 Å². The number of aromatic nitrogens is 4. The van der Waals surface area contributed by atoms with Crippen LogP contribution in [0, 0.1) is 0 Å². The first-order valence-corrected chi connectivity index (χ1v) is 11.0. The van der Waals surface area contributed by atoms with Gasteiger partial charge < -0.3 is 0 Å². The number of alkyl halides is 8. The van der Waals surface area contributed by atoms with Gasteiger partial charge in [0, 0.05) is 12.8 Å². The molecule has 2 heterocycles. The van der Waals surface area contributed by atoms with E-state index in [-0.39, 0.29) is 33.0 Å². The lowest BCUT2D eigenvalue weighted by Crippen LogP contribution is -2.33. The molecule has 34 heavy (non-hydrogen) atoms. The van der Waals surface area contributed by atoms with Gasteiger partial charge in [-0.25, -0.2) is 4.98 Å². The van der Waals surface area contributed by atoms with E-state index in [4.69, 9.17) is 0 Å². The van der Waals surface area contributed by atoms with Crippen molar-refractivity contribution in [3.63, 3.8) is 0 Å². The van der Waals surface area contributed by atoms with Gasteiger partial charge >= 0.3 is 18.3 Å². The van der Waals surface area contributed by atoms with Crippen molar-refractivity contribution in [3.05, 3.63) is 34.6 Å². The fraction of sp³-hybridized carbons (Fsp3) is 0.353. The van der Waals surface area contributed by atoms with Gasteiger partial charge in [-0.3, -0.25) is 18.9 Å². The minimum Gasteiger partial charge on any atom is -0.286 e. The number of anilines is 1. The second kappa shape index (κ2) is 8.75. The highest BCUT2D eigenvalue weighted by molar-refractivity contribution is 7.85. The molecule has 0 saturated carbocycles. The molecular formula is C17H11F8N5O2S2. The number of carbonyl (C=O) groups is 1. The summed E-state index contributed by atoms with van der Waals surface area (Å²) >= 11 is -0.212. The molecule has 0 spiro atoms. The summed E-state index contributed by atoms with van der Waals surface area (Å²) in [5, 5.41) is 3.62. The molecule has 184 valence electrons. The van der Waals surface area contributed by atoms with Crippen molar-refractivity contribution in [2.24, 2.45) is 0 Å². The van der Waals surface area contributed by atoms with Gasteiger partial charge in [-0.2, -0.15) is 35.1 Å². The van der Waals surface area contributed by atoms with E-state index in [1.807, 2.05) is 0 Å². The van der Waals surface area contributed by atoms with Gasteiger partial charge in [-0.15, -0.1) is 10.2 Å². The lowest BCUT2D eigenvalue weighted by molar-refractivity contribution is -0.289. The predicted octanol–water partition coefficient (Wildman–Crippen LogP) is 4.56. The molecule has 1 aromatic carbocycles. The fourth-order valence-electron chi connectivity index (χ4n) is 2.55. The van der Waals surface area contributed by atoms with Crippen molar-refractivity contribution in [1.82, 2.24) is 20.2 Å². The van der Waals surface area contributed by atoms with E-state index in [2.05, 4.69) is 20.2 Å². The van der Waals surface area contributed by atoms with Crippen LogP contribution >= 0.6 is 11.3 Å². The molecule has 1 unspecified atom stereocenters. The van der Waals surface area contributed by atoms with Gasteiger partial charge in [0.25, 0.3) is 5.91 Å². The van der Waals surface area contributed by atoms with Crippen molar-refractivity contribution < 1.29 is 44.1 Å². The minimum atomic E-state index is -5.95. The van der Waals surface area contributed by atoms with Crippen molar-refractivity contribution in [2.45, 2.75) is 30.1 Å². The number of nitrogens with zero attached hydrogens (tertiary/aromatic N) is 5. The van der Waals surface area contributed by atoms with Gasteiger partial charge in [0.2, 0.25) is 5.13 Å². The summed E-state index contributed by atoms with van der Waals surface area (Å²) in [5.74, 6) is -6.44. The topological polar surface area (TPSA) is 88.9 Å². The lowest BCUT2D eigenvalue weighted by atomic mass is 10.1. The Bertz CT molecular complexity index is 1280. The van der Waals surface area contributed by atoms with E-state index in [0.29, 0.717) is 11.1 Å². The third-order valence-corrected chi connectivity index (χ3v) is 6.72.